The lowest BCUT2D eigenvalue weighted by atomic mass is 9.81. The van der Waals surface area contributed by atoms with E-state index in [0.717, 1.165) is 31.5 Å². The lowest BCUT2D eigenvalue weighted by Crippen LogP contribution is -2.42. The number of halogens is 2. The Morgan fingerprint density at radius 2 is 1.93 bits per heavy atom. The second-order valence-electron chi connectivity index (χ2n) is 7.33. The zero-order chi connectivity index (χ0) is 19.4. The molecule has 1 saturated heterocycles. The molecule has 0 saturated carbocycles. The number of anilines is 1. The highest BCUT2D eigenvalue weighted by Crippen LogP contribution is 2.29. The molecule has 1 aliphatic heterocycles. The minimum atomic E-state index is -0.462. The number of carbonyl (C=O) groups is 2. The van der Waals surface area contributed by atoms with Gasteiger partial charge in [-0.2, -0.15) is 0 Å². The lowest BCUT2D eigenvalue weighted by Gasteiger charge is -2.34. The van der Waals surface area contributed by atoms with Gasteiger partial charge >= 0.3 is 0 Å². The maximum absolute atomic E-state index is 13.3. The van der Waals surface area contributed by atoms with Crippen LogP contribution in [0.1, 0.15) is 45.4 Å². The molecule has 1 aliphatic rings. The monoisotopic (exact) mass is 425 g/mol. The first-order valence-electron chi connectivity index (χ1n) is 9.03. The Kier molecular flexibility index (Phi) is 7.57. The Morgan fingerprint density at radius 1 is 1.21 bits per heavy atom. The number of carbonyl (C=O) groups excluding carboxylic acids is 2. The van der Waals surface area contributed by atoms with Gasteiger partial charge < -0.3 is 16.0 Å². The van der Waals surface area contributed by atoms with Crippen LogP contribution in [-0.4, -0.2) is 31.4 Å². The van der Waals surface area contributed by atoms with Gasteiger partial charge in [-0.05, 0) is 68.1 Å². The summed E-state index contributed by atoms with van der Waals surface area (Å²) in [5.74, 6) is -0.982. The number of aryl methyl sites for hydroxylation is 1. The van der Waals surface area contributed by atoms with Crippen LogP contribution in [0.15, 0.2) is 30.3 Å². The molecule has 0 atom stereocenters. The van der Waals surface area contributed by atoms with Crippen molar-refractivity contribution in [3.8, 4) is 0 Å². The number of rotatable bonds is 5. The second-order valence-corrected chi connectivity index (χ2v) is 8.38. The molecule has 2 heterocycles. The summed E-state index contributed by atoms with van der Waals surface area (Å²) in [6.07, 6.45) is 2.07. The molecule has 8 heteroatoms. The summed E-state index contributed by atoms with van der Waals surface area (Å²) in [6, 6.07) is 7.28. The smallest absolute Gasteiger partial charge is 0.261 e. The molecule has 2 amide bonds. The first kappa shape index (κ1) is 22.3. The molecule has 2 aromatic rings. The van der Waals surface area contributed by atoms with Crippen molar-refractivity contribution in [3.05, 3.63) is 52.2 Å². The van der Waals surface area contributed by atoms with Crippen molar-refractivity contribution in [2.24, 2.45) is 5.41 Å². The van der Waals surface area contributed by atoms with Crippen molar-refractivity contribution < 1.29 is 14.0 Å². The van der Waals surface area contributed by atoms with E-state index in [1.807, 2.05) is 6.92 Å². The SMILES string of the molecule is Cc1cc(NC(=O)c2cccc(F)c2)sc1C(=O)NCC1(C)CCNCC1.Cl. The first-order valence-corrected chi connectivity index (χ1v) is 9.84. The summed E-state index contributed by atoms with van der Waals surface area (Å²) < 4.78 is 13.3. The fourth-order valence-corrected chi connectivity index (χ4v) is 4.15. The Hall–Kier alpha value is -1.96. The van der Waals surface area contributed by atoms with Gasteiger partial charge in [0.15, 0.2) is 0 Å². The van der Waals surface area contributed by atoms with Gasteiger partial charge in [0.25, 0.3) is 11.8 Å². The highest BCUT2D eigenvalue weighted by atomic mass is 35.5. The van der Waals surface area contributed by atoms with E-state index in [2.05, 4.69) is 22.9 Å². The normalized spacial score (nSPS) is 15.4. The number of nitrogens with one attached hydrogen (secondary N) is 3. The van der Waals surface area contributed by atoms with E-state index in [4.69, 9.17) is 0 Å². The summed E-state index contributed by atoms with van der Waals surface area (Å²) >= 11 is 1.23. The largest absolute Gasteiger partial charge is 0.351 e. The van der Waals surface area contributed by atoms with Crippen LogP contribution in [0.5, 0.6) is 0 Å². The quantitative estimate of drug-likeness (QED) is 0.678. The van der Waals surface area contributed by atoms with Crippen LogP contribution in [0, 0.1) is 18.2 Å². The Balaban J connectivity index is 0.00000280. The van der Waals surface area contributed by atoms with Crippen LogP contribution in [-0.2, 0) is 0 Å². The number of amides is 2. The first-order chi connectivity index (χ1) is 12.9. The number of thiophene rings is 1. The highest BCUT2D eigenvalue weighted by Gasteiger charge is 2.27. The zero-order valence-corrected chi connectivity index (χ0v) is 17.6. The summed E-state index contributed by atoms with van der Waals surface area (Å²) in [4.78, 5) is 25.4. The average Bonchev–Trinajstić information content (AvgIpc) is 3.00. The highest BCUT2D eigenvalue weighted by molar-refractivity contribution is 7.18. The van der Waals surface area contributed by atoms with Crippen LogP contribution in [0.4, 0.5) is 9.39 Å². The molecule has 5 nitrogen and oxygen atoms in total. The van der Waals surface area contributed by atoms with E-state index in [9.17, 15) is 14.0 Å². The van der Waals surface area contributed by atoms with Gasteiger partial charge in [0.1, 0.15) is 5.82 Å². The molecule has 28 heavy (non-hydrogen) atoms. The maximum atomic E-state index is 13.3. The molecule has 0 bridgehead atoms. The van der Waals surface area contributed by atoms with Crippen LogP contribution >= 0.6 is 23.7 Å². The molecule has 0 aliphatic carbocycles. The lowest BCUT2D eigenvalue weighted by molar-refractivity contribution is 0.0925. The molecule has 0 spiro atoms. The topological polar surface area (TPSA) is 70.2 Å². The van der Waals surface area contributed by atoms with Gasteiger partial charge in [0, 0.05) is 12.1 Å². The fourth-order valence-electron chi connectivity index (χ4n) is 3.16. The molecule has 152 valence electrons. The van der Waals surface area contributed by atoms with Crippen LogP contribution < -0.4 is 16.0 Å². The van der Waals surface area contributed by atoms with Gasteiger partial charge in [-0.15, -0.1) is 23.7 Å². The minimum absolute atomic E-state index is 0. The zero-order valence-electron chi connectivity index (χ0n) is 15.9. The molecule has 0 unspecified atom stereocenters. The molecule has 1 aromatic carbocycles. The Morgan fingerprint density at radius 3 is 2.61 bits per heavy atom. The van der Waals surface area contributed by atoms with Crippen LogP contribution in [0.25, 0.3) is 0 Å². The van der Waals surface area contributed by atoms with Crippen molar-refractivity contribution in [1.82, 2.24) is 10.6 Å². The van der Waals surface area contributed by atoms with Gasteiger partial charge in [0.2, 0.25) is 0 Å². The van der Waals surface area contributed by atoms with E-state index < -0.39 is 11.7 Å². The van der Waals surface area contributed by atoms with Crippen LogP contribution in [0.2, 0.25) is 0 Å². The molecular formula is C20H25ClFN3O2S. The van der Waals surface area contributed by atoms with Gasteiger partial charge in [0.05, 0.1) is 9.88 Å². The summed E-state index contributed by atoms with van der Waals surface area (Å²) in [7, 11) is 0. The van der Waals surface area contributed by atoms with E-state index in [0.29, 0.717) is 16.4 Å². The third kappa shape index (κ3) is 5.53. The van der Waals surface area contributed by atoms with Crippen LogP contribution in [0.3, 0.4) is 0 Å². The average molecular weight is 426 g/mol. The van der Waals surface area contributed by atoms with E-state index in [1.54, 1.807) is 12.1 Å². The number of hydrogen-bond donors (Lipinski definition) is 3. The van der Waals surface area contributed by atoms with E-state index in [-0.39, 0.29) is 29.3 Å². The third-order valence-electron chi connectivity index (χ3n) is 4.93. The Bertz CT molecular complexity index is 850. The minimum Gasteiger partial charge on any atom is -0.351 e. The molecule has 3 N–H and O–H groups in total. The van der Waals surface area contributed by atoms with Gasteiger partial charge in [-0.1, -0.05) is 13.0 Å². The standard InChI is InChI=1S/C20H24FN3O2S.ClH/c1-13-10-16(24-18(25)14-4-3-5-15(21)11-14)27-17(13)19(26)23-12-20(2)6-8-22-9-7-20;/h3-5,10-11,22H,6-9,12H2,1-2H3,(H,23,26)(H,24,25);1H. The van der Waals surface area contributed by atoms with Crippen molar-refractivity contribution in [3.63, 3.8) is 0 Å². The second kappa shape index (κ2) is 9.49. The van der Waals surface area contributed by atoms with Gasteiger partial charge in [-0.3, -0.25) is 9.59 Å². The molecule has 0 radical (unpaired) electrons. The summed E-state index contributed by atoms with van der Waals surface area (Å²) in [6.45, 7) is 6.62. The van der Waals surface area contributed by atoms with Crippen molar-refractivity contribution in [2.45, 2.75) is 26.7 Å². The number of piperidine rings is 1. The summed E-state index contributed by atoms with van der Waals surface area (Å²) in [5.41, 5.74) is 1.16. The Labute approximate surface area is 174 Å². The molecule has 3 rings (SSSR count). The molecule has 1 fully saturated rings. The third-order valence-corrected chi connectivity index (χ3v) is 6.09. The predicted octanol–water partition coefficient (Wildman–Crippen LogP) is 3.99. The number of hydrogen-bond acceptors (Lipinski definition) is 4. The fraction of sp³-hybridized carbons (Fsp3) is 0.400. The predicted molar refractivity (Wildman–Crippen MR) is 113 cm³/mol. The summed E-state index contributed by atoms with van der Waals surface area (Å²) in [5, 5.41) is 9.68. The molecule has 1 aromatic heterocycles. The van der Waals surface area contributed by atoms with E-state index in [1.165, 1.54) is 29.5 Å². The maximum Gasteiger partial charge on any atom is 0.261 e. The molecular weight excluding hydrogens is 401 g/mol. The van der Waals surface area contributed by atoms with Crippen molar-refractivity contribution in [2.75, 3.05) is 25.0 Å². The van der Waals surface area contributed by atoms with Crippen molar-refractivity contribution in [1.29, 1.82) is 0 Å². The van der Waals surface area contributed by atoms with Gasteiger partial charge in [-0.25, -0.2) is 4.39 Å². The number of benzene rings is 1. The van der Waals surface area contributed by atoms with Crippen molar-refractivity contribution >= 4 is 40.6 Å². The van der Waals surface area contributed by atoms with E-state index >= 15 is 0 Å².